The van der Waals surface area contributed by atoms with Gasteiger partial charge >= 0.3 is 0 Å². The molecule has 1 aromatic rings. The third-order valence-electron chi connectivity index (χ3n) is 3.66. The van der Waals surface area contributed by atoms with E-state index in [-0.39, 0.29) is 11.3 Å². The molecule has 19 heavy (non-hydrogen) atoms. The number of likely N-dealkylation sites (tertiary alicyclic amines) is 1. The minimum absolute atomic E-state index is 0.233. The summed E-state index contributed by atoms with van der Waals surface area (Å²) in [6.07, 6.45) is 5.78. The van der Waals surface area contributed by atoms with Gasteiger partial charge in [-0.3, -0.25) is 4.79 Å². The van der Waals surface area contributed by atoms with E-state index in [0.717, 1.165) is 25.9 Å². The lowest BCUT2D eigenvalue weighted by molar-refractivity contribution is -0.140. The summed E-state index contributed by atoms with van der Waals surface area (Å²) in [6.45, 7) is 7.51. The molecule has 1 amide bonds. The molecule has 1 aliphatic rings. The topological polar surface area (TPSA) is 49.0 Å². The first kappa shape index (κ1) is 13.7. The first-order chi connectivity index (χ1) is 8.91. The van der Waals surface area contributed by atoms with Crippen LogP contribution in [0.15, 0.2) is 18.5 Å². The summed E-state index contributed by atoms with van der Waals surface area (Å²) in [6, 6.07) is 4.40. The Balaban J connectivity index is 1.96. The van der Waals surface area contributed by atoms with Crippen molar-refractivity contribution in [2.24, 2.45) is 5.41 Å². The van der Waals surface area contributed by atoms with Gasteiger partial charge in [0.2, 0.25) is 5.91 Å². The average Bonchev–Trinajstić information content (AvgIpc) is 2.86. The third-order valence-corrected chi connectivity index (χ3v) is 3.66. The normalized spacial score (nSPS) is 17.3. The number of nitriles is 1. The predicted molar refractivity (Wildman–Crippen MR) is 73.5 cm³/mol. The van der Waals surface area contributed by atoms with Crippen LogP contribution in [0.25, 0.3) is 0 Å². The number of piperidine rings is 1. The van der Waals surface area contributed by atoms with E-state index in [1.165, 1.54) is 0 Å². The molecule has 0 radical (unpaired) electrons. The number of nitrogens with zero attached hydrogens (tertiary/aromatic N) is 3. The Hall–Kier alpha value is -1.76. The molecule has 1 aliphatic heterocycles. The van der Waals surface area contributed by atoms with Crippen molar-refractivity contribution in [2.75, 3.05) is 13.1 Å². The lowest BCUT2D eigenvalue weighted by Gasteiger charge is -2.36. The highest BCUT2D eigenvalue weighted by Gasteiger charge is 2.30. The largest absolute Gasteiger partial charge is 0.350 e. The van der Waals surface area contributed by atoms with Crippen molar-refractivity contribution in [1.29, 1.82) is 5.26 Å². The summed E-state index contributed by atoms with van der Waals surface area (Å²) >= 11 is 0. The second-order valence-electron chi connectivity index (χ2n) is 6.23. The fourth-order valence-electron chi connectivity index (χ4n) is 2.55. The van der Waals surface area contributed by atoms with Crippen LogP contribution in [0, 0.1) is 16.7 Å². The van der Waals surface area contributed by atoms with Gasteiger partial charge in [-0.15, -0.1) is 0 Å². The van der Waals surface area contributed by atoms with Crippen LogP contribution >= 0.6 is 0 Å². The Kier molecular flexibility index (Phi) is 3.66. The molecule has 0 aromatic carbocycles. The molecule has 4 heteroatoms. The monoisotopic (exact) mass is 259 g/mol. The Morgan fingerprint density at radius 2 is 2.00 bits per heavy atom. The minimum Gasteiger partial charge on any atom is -0.350 e. The molecule has 1 fully saturated rings. The molecule has 2 heterocycles. The van der Waals surface area contributed by atoms with Crippen molar-refractivity contribution < 1.29 is 4.79 Å². The Morgan fingerprint density at radius 3 is 2.47 bits per heavy atom. The van der Waals surface area contributed by atoms with E-state index in [1.54, 1.807) is 0 Å². The fourth-order valence-corrected chi connectivity index (χ4v) is 2.55. The smallest absolute Gasteiger partial charge is 0.227 e. The third kappa shape index (κ3) is 2.98. The zero-order valence-corrected chi connectivity index (χ0v) is 11.9. The van der Waals surface area contributed by atoms with Gasteiger partial charge in [-0.25, -0.2) is 0 Å². The number of rotatable bonds is 1. The fraction of sp³-hybridized carbons (Fsp3) is 0.600. The molecule has 0 aliphatic carbocycles. The maximum atomic E-state index is 12.2. The van der Waals surface area contributed by atoms with Gasteiger partial charge in [0, 0.05) is 36.9 Å². The quantitative estimate of drug-likeness (QED) is 0.778. The van der Waals surface area contributed by atoms with E-state index in [9.17, 15) is 4.79 Å². The maximum absolute atomic E-state index is 12.2. The van der Waals surface area contributed by atoms with Crippen LogP contribution in [0.2, 0.25) is 0 Å². The average molecular weight is 259 g/mol. The van der Waals surface area contributed by atoms with Crippen LogP contribution in [0.1, 0.15) is 45.2 Å². The highest BCUT2D eigenvalue weighted by atomic mass is 16.2. The van der Waals surface area contributed by atoms with Crippen molar-refractivity contribution in [1.82, 2.24) is 9.47 Å². The van der Waals surface area contributed by atoms with Crippen LogP contribution in [0.5, 0.6) is 0 Å². The Bertz CT molecular complexity index is 496. The van der Waals surface area contributed by atoms with Crippen LogP contribution < -0.4 is 0 Å². The molecule has 0 atom stereocenters. The van der Waals surface area contributed by atoms with E-state index >= 15 is 0 Å². The van der Waals surface area contributed by atoms with E-state index in [2.05, 4.69) is 10.6 Å². The molecule has 0 N–H and O–H groups in total. The molecule has 2 rings (SSSR count). The number of carbonyl (C=O) groups excluding carboxylic acids is 1. The second kappa shape index (κ2) is 5.08. The van der Waals surface area contributed by atoms with Crippen molar-refractivity contribution in [3.05, 3.63) is 24.0 Å². The summed E-state index contributed by atoms with van der Waals surface area (Å²) in [5.41, 5.74) is 0.405. The van der Waals surface area contributed by atoms with Gasteiger partial charge < -0.3 is 9.47 Å². The van der Waals surface area contributed by atoms with E-state index in [4.69, 9.17) is 5.26 Å². The van der Waals surface area contributed by atoms with Gasteiger partial charge in [-0.2, -0.15) is 5.26 Å². The summed E-state index contributed by atoms with van der Waals surface area (Å²) in [5.74, 6) is 0.233. The molecule has 0 unspecified atom stereocenters. The van der Waals surface area contributed by atoms with E-state index in [0.29, 0.717) is 11.6 Å². The standard InChI is InChI=1S/C15H21N3O/c1-15(2,3)14(19)17-8-5-13(6-9-17)18-7-4-12(10-16)11-18/h4,7,11,13H,5-6,8-9H2,1-3H3. The SMILES string of the molecule is CC(C)(C)C(=O)N1CCC(n2ccc(C#N)c2)CC1. The summed E-state index contributed by atoms with van der Waals surface area (Å²) in [5, 5.41) is 8.84. The van der Waals surface area contributed by atoms with Crippen LogP contribution in [0.4, 0.5) is 0 Å². The van der Waals surface area contributed by atoms with Crippen molar-refractivity contribution in [3.8, 4) is 6.07 Å². The minimum atomic E-state index is -0.297. The molecule has 102 valence electrons. The van der Waals surface area contributed by atoms with Crippen LogP contribution in [-0.4, -0.2) is 28.5 Å². The summed E-state index contributed by atoms with van der Waals surface area (Å²) in [4.78, 5) is 14.2. The zero-order chi connectivity index (χ0) is 14.0. The summed E-state index contributed by atoms with van der Waals surface area (Å²) < 4.78 is 2.11. The van der Waals surface area contributed by atoms with Crippen molar-refractivity contribution in [3.63, 3.8) is 0 Å². The lowest BCUT2D eigenvalue weighted by Crippen LogP contribution is -2.44. The first-order valence-corrected chi connectivity index (χ1v) is 6.79. The van der Waals surface area contributed by atoms with E-state index in [1.807, 2.05) is 44.1 Å². The van der Waals surface area contributed by atoms with Crippen LogP contribution in [-0.2, 0) is 4.79 Å². The van der Waals surface area contributed by atoms with Gasteiger partial charge in [-0.05, 0) is 18.9 Å². The molecule has 1 saturated heterocycles. The molecule has 4 nitrogen and oxygen atoms in total. The number of hydrogen-bond donors (Lipinski definition) is 0. The zero-order valence-electron chi connectivity index (χ0n) is 11.9. The number of aromatic nitrogens is 1. The Morgan fingerprint density at radius 1 is 1.37 bits per heavy atom. The van der Waals surface area contributed by atoms with E-state index < -0.39 is 0 Å². The molecular weight excluding hydrogens is 238 g/mol. The van der Waals surface area contributed by atoms with Gasteiger partial charge in [0.05, 0.1) is 5.56 Å². The molecule has 0 bridgehead atoms. The second-order valence-corrected chi connectivity index (χ2v) is 6.23. The number of carbonyl (C=O) groups is 1. The lowest BCUT2D eigenvalue weighted by atomic mass is 9.93. The van der Waals surface area contributed by atoms with Crippen molar-refractivity contribution >= 4 is 5.91 Å². The first-order valence-electron chi connectivity index (χ1n) is 6.79. The highest BCUT2D eigenvalue weighted by molar-refractivity contribution is 5.81. The maximum Gasteiger partial charge on any atom is 0.227 e. The molecule has 0 spiro atoms. The van der Waals surface area contributed by atoms with Crippen molar-refractivity contribution in [2.45, 2.75) is 39.7 Å². The molecule has 0 saturated carbocycles. The van der Waals surface area contributed by atoms with Gasteiger partial charge in [-0.1, -0.05) is 20.8 Å². The predicted octanol–water partition coefficient (Wildman–Crippen LogP) is 2.57. The highest BCUT2D eigenvalue weighted by Crippen LogP contribution is 2.26. The summed E-state index contributed by atoms with van der Waals surface area (Å²) in [7, 11) is 0. The molecular formula is C15H21N3O. The Labute approximate surface area is 114 Å². The van der Waals surface area contributed by atoms with Crippen LogP contribution in [0.3, 0.4) is 0 Å². The number of hydrogen-bond acceptors (Lipinski definition) is 2. The number of amides is 1. The molecule has 1 aromatic heterocycles. The van der Waals surface area contributed by atoms with Gasteiger partial charge in [0.15, 0.2) is 0 Å². The van der Waals surface area contributed by atoms with Gasteiger partial charge in [0.1, 0.15) is 6.07 Å². The van der Waals surface area contributed by atoms with Gasteiger partial charge in [0.25, 0.3) is 0 Å².